The van der Waals surface area contributed by atoms with E-state index in [2.05, 4.69) is 22.3 Å². The number of nitriles is 1. The van der Waals surface area contributed by atoms with Gasteiger partial charge < -0.3 is 0 Å². The summed E-state index contributed by atoms with van der Waals surface area (Å²) in [6.45, 7) is -0.186. The molecule has 1 aromatic carbocycles. The van der Waals surface area contributed by atoms with Gasteiger partial charge in [0.1, 0.15) is 0 Å². The summed E-state index contributed by atoms with van der Waals surface area (Å²) in [6.07, 6.45) is 12.8. The van der Waals surface area contributed by atoms with E-state index in [0.717, 1.165) is 42.6 Å². The van der Waals surface area contributed by atoms with Gasteiger partial charge in [-0.25, -0.2) is 0 Å². The Balaban J connectivity index is 1.59. The Hall–Kier alpha value is -2.28. The van der Waals surface area contributed by atoms with E-state index in [-0.39, 0.29) is 6.67 Å². The standard InChI is InChI=1S/C24H30FN3/c25-18-6-2-5-16-24(14-3-1-4-15-24)17-13-22-11-12-23(28-27-22)21-9-7-20(19-26)8-10-21/h7-12H,1-6,13-18H2. The van der Waals surface area contributed by atoms with E-state index >= 15 is 0 Å². The molecule has 0 spiro atoms. The lowest BCUT2D eigenvalue weighted by molar-refractivity contribution is 0.151. The predicted molar refractivity (Wildman–Crippen MR) is 110 cm³/mol. The molecule has 1 aliphatic rings. The van der Waals surface area contributed by atoms with Crippen molar-refractivity contribution in [1.29, 1.82) is 5.26 Å². The summed E-state index contributed by atoms with van der Waals surface area (Å²) in [7, 11) is 0. The van der Waals surface area contributed by atoms with Crippen molar-refractivity contribution in [3.05, 3.63) is 47.7 Å². The molecule has 0 unspecified atom stereocenters. The van der Waals surface area contributed by atoms with Gasteiger partial charge in [0.2, 0.25) is 0 Å². The first-order valence-corrected chi connectivity index (χ1v) is 10.6. The summed E-state index contributed by atoms with van der Waals surface area (Å²) >= 11 is 0. The number of rotatable bonds is 9. The molecule has 1 saturated carbocycles. The average molecular weight is 380 g/mol. The molecule has 148 valence electrons. The highest BCUT2D eigenvalue weighted by Crippen LogP contribution is 2.44. The summed E-state index contributed by atoms with van der Waals surface area (Å²) < 4.78 is 12.4. The zero-order chi connectivity index (χ0) is 19.7. The minimum absolute atomic E-state index is 0.186. The van der Waals surface area contributed by atoms with Crippen LogP contribution in [0.3, 0.4) is 0 Å². The van der Waals surface area contributed by atoms with Crippen molar-refractivity contribution < 1.29 is 4.39 Å². The Bertz CT molecular complexity index is 756. The Morgan fingerprint density at radius 3 is 2.32 bits per heavy atom. The number of benzene rings is 1. The lowest BCUT2D eigenvalue weighted by Crippen LogP contribution is -2.25. The van der Waals surface area contributed by atoms with Crippen LogP contribution >= 0.6 is 0 Å². The van der Waals surface area contributed by atoms with Crippen LogP contribution in [-0.2, 0) is 6.42 Å². The number of aromatic nitrogens is 2. The summed E-state index contributed by atoms with van der Waals surface area (Å²) in [5, 5.41) is 17.8. The number of hydrogen-bond acceptors (Lipinski definition) is 3. The van der Waals surface area contributed by atoms with E-state index in [1.165, 1.54) is 38.5 Å². The van der Waals surface area contributed by atoms with Crippen molar-refractivity contribution in [2.24, 2.45) is 5.41 Å². The van der Waals surface area contributed by atoms with Crippen molar-refractivity contribution in [3.8, 4) is 17.3 Å². The van der Waals surface area contributed by atoms with Crippen molar-refractivity contribution in [2.75, 3.05) is 6.67 Å². The minimum atomic E-state index is -0.186. The Kier molecular flexibility index (Phi) is 7.54. The lowest BCUT2D eigenvalue weighted by Gasteiger charge is -2.37. The molecule has 0 amide bonds. The lowest BCUT2D eigenvalue weighted by atomic mass is 9.68. The first-order valence-electron chi connectivity index (χ1n) is 10.6. The second-order valence-electron chi connectivity index (χ2n) is 8.16. The van der Waals surface area contributed by atoms with Gasteiger partial charge >= 0.3 is 0 Å². The average Bonchev–Trinajstić information content (AvgIpc) is 2.77. The van der Waals surface area contributed by atoms with Crippen LogP contribution in [0.1, 0.15) is 75.5 Å². The Morgan fingerprint density at radius 2 is 1.68 bits per heavy atom. The van der Waals surface area contributed by atoms with Gasteiger partial charge in [-0.1, -0.05) is 44.2 Å². The van der Waals surface area contributed by atoms with E-state index in [1.807, 2.05) is 18.2 Å². The summed E-state index contributed by atoms with van der Waals surface area (Å²) in [5.41, 5.74) is 3.94. The molecule has 1 aromatic heterocycles. The zero-order valence-electron chi connectivity index (χ0n) is 16.7. The van der Waals surface area contributed by atoms with Crippen LogP contribution in [0.5, 0.6) is 0 Å². The maximum absolute atomic E-state index is 12.4. The minimum Gasteiger partial charge on any atom is -0.251 e. The van der Waals surface area contributed by atoms with E-state index in [4.69, 9.17) is 5.26 Å². The van der Waals surface area contributed by atoms with Crippen LogP contribution in [0.25, 0.3) is 11.3 Å². The largest absolute Gasteiger partial charge is 0.251 e. The highest BCUT2D eigenvalue weighted by atomic mass is 19.1. The first kappa shape index (κ1) is 20.5. The number of alkyl halides is 1. The topological polar surface area (TPSA) is 49.6 Å². The van der Waals surface area contributed by atoms with Crippen LogP contribution in [0.2, 0.25) is 0 Å². The second kappa shape index (κ2) is 10.3. The number of unbranched alkanes of at least 4 members (excludes halogenated alkanes) is 2. The van der Waals surface area contributed by atoms with E-state index < -0.39 is 0 Å². The third kappa shape index (κ3) is 5.61. The summed E-state index contributed by atoms with van der Waals surface area (Å²) in [4.78, 5) is 0. The molecule has 1 aliphatic carbocycles. The molecular formula is C24H30FN3. The predicted octanol–water partition coefficient (Wildman–Crippen LogP) is 6.43. The third-order valence-electron chi connectivity index (χ3n) is 6.20. The molecule has 0 bridgehead atoms. The monoisotopic (exact) mass is 379 g/mol. The van der Waals surface area contributed by atoms with Gasteiger partial charge in [0.05, 0.1) is 29.7 Å². The van der Waals surface area contributed by atoms with Gasteiger partial charge in [0, 0.05) is 5.56 Å². The highest BCUT2D eigenvalue weighted by Gasteiger charge is 2.31. The van der Waals surface area contributed by atoms with Crippen LogP contribution in [-0.4, -0.2) is 16.9 Å². The number of aryl methyl sites for hydroxylation is 1. The van der Waals surface area contributed by atoms with E-state index in [0.29, 0.717) is 17.4 Å². The van der Waals surface area contributed by atoms with Crippen LogP contribution in [0, 0.1) is 16.7 Å². The van der Waals surface area contributed by atoms with Gasteiger partial charge in [-0.15, -0.1) is 0 Å². The second-order valence-corrected chi connectivity index (χ2v) is 8.16. The van der Waals surface area contributed by atoms with Crippen molar-refractivity contribution in [2.45, 2.75) is 70.6 Å². The molecule has 0 saturated heterocycles. The molecule has 0 radical (unpaired) electrons. The van der Waals surface area contributed by atoms with E-state index in [9.17, 15) is 4.39 Å². The number of hydrogen-bond donors (Lipinski definition) is 0. The van der Waals surface area contributed by atoms with Crippen LogP contribution in [0.15, 0.2) is 36.4 Å². The molecule has 3 rings (SSSR count). The fourth-order valence-electron chi connectivity index (χ4n) is 4.45. The van der Waals surface area contributed by atoms with Gasteiger partial charge in [-0.05, 0) is 68.2 Å². The van der Waals surface area contributed by atoms with Gasteiger partial charge in [-0.3, -0.25) is 4.39 Å². The normalized spacial score (nSPS) is 15.9. The number of nitrogens with zero attached hydrogens (tertiary/aromatic N) is 3. The SMILES string of the molecule is N#Cc1ccc(-c2ccc(CCC3(CCCCCF)CCCCC3)nn2)cc1. The summed E-state index contributed by atoms with van der Waals surface area (Å²) in [6, 6.07) is 13.7. The van der Waals surface area contributed by atoms with Crippen molar-refractivity contribution in [1.82, 2.24) is 10.2 Å². The van der Waals surface area contributed by atoms with E-state index in [1.54, 1.807) is 12.1 Å². The molecule has 3 nitrogen and oxygen atoms in total. The fourth-order valence-corrected chi connectivity index (χ4v) is 4.45. The maximum Gasteiger partial charge on any atom is 0.0991 e. The van der Waals surface area contributed by atoms with Crippen molar-refractivity contribution >= 4 is 0 Å². The van der Waals surface area contributed by atoms with Crippen molar-refractivity contribution in [3.63, 3.8) is 0 Å². The molecule has 1 fully saturated rings. The molecule has 28 heavy (non-hydrogen) atoms. The molecule has 2 aromatic rings. The van der Waals surface area contributed by atoms with Crippen LogP contribution < -0.4 is 0 Å². The molecule has 0 N–H and O–H groups in total. The van der Waals surface area contributed by atoms with Gasteiger partial charge in [-0.2, -0.15) is 15.5 Å². The Labute approximate surface area is 168 Å². The Morgan fingerprint density at radius 1 is 0.893 bits per heavy atom. The van der Waals surface area contributed by atoms with Gasteiger partial charge in [0.15, 0.2) is 0 Å². The first-order chi connectivity index (χ1) is 13.7. The molecule has 1 heterocycles. The zero-order valence-corrected chi connectivity index (χ0v) is 16.7. The molecule has 0 aliphatic heterocycles. The molecule has 4 heteroatoms. The highest BCUT2D eigenvalue weighted by molar-refractivity contribution is 5.59. The maximum atomic E-state index is 12.4. The fraction of sp³-hybridized carbons (Fsp3) is 0.542. The number of halogens is 1. The van der Waals surface area contributed by atoms with Gasteiger partial charge in [0.25, 0.3) is 0 Å². The van der Waals surface area contributed by atoms with Crippen LogP contribution in [0.4, 0.5) is 4.39 Å². The summed E-state index contributed by atoms with van der Waals surface area (Å²) in [5.74, 6) is 0. The molecule has 0 atom stereocenters. The smallest absolute Gasteiger partial charge is 0.0991 e. The molecular weight excluding hydrogens is 349 g/mol. The quantitative estimate of drug-likeness (QED) is 0.472. The third-order valence-corrected chi connectivity index (χ3v) is 6.20.